The Bertz CT molecular complexity index is 1260. The average molecular weight is 586 g/mol. The molecule has 10 heteroatoms. The van der Waals surface area contributed by atoms with Gasteiger partial charge in [-0.3, -0.25) is 4.79 Å². The second-order valence-corrected chi connectivity index (χ2v) is 11.7. The molecule has 0 bridgehead atoms. The Morgan fingerprint density at radius 3 is 2.44 bits per heavy atom. The van der Waals surface area contributed by atoms with E-state index in [1.165, 1.54) is 31.0 Å². The van der Waals surface area contributed by atoms with E-state index in [1.807, 2.05) is 48.5 Å². The van der Waals surface area contributed by atoms with Crippen molar-refractivity contribution in [1.82, 2.24) is 20.2 Å². The van der Waals surface area contributed by atoms with Gasteiger partial charge < -0.3 is 20.0 Å². The molecule has 0 atom stereocenters. The third-order valence-electron chi connectivity index (χ3n) is 7.16. The number of nitrogens with one attached hydrogen (secondary N) is 1. The molecule has 5 rings (SSSR count). The minimum atomic E-state index is -0.0305. The summed E-state index contributed by atoms with van der Waals surface area (Å²) in [7, 11) is 0. The van der Waals surface area contributed by atoms with Crippen molar-refractivity contribution >= 4 is 52.4 Å². The number of nitrogens with zero attached hydrogens (tertiary/aromatic N) is 5. The lowest BCUT2D eigenvalue weighted by Gasteiger charge is -2.36. The highest BCUT2D eigenvalue weighted by Gasteiger charge is 2.20. The fourth-order valence-electron chi connectivity index (χ4n) is 5.04. The van der Waals surface area contributed by atoms with E-state index in [0.29, 0.717) is 28.2 Å². The highest BCUT2D eigenvalue weighted by Crippen LogP contribution is 2.27. The van der Waals surface area contributed by atoms with Gasteiger partial charge in [0.25, 0.3) is 5.91 Å². The molecule has 0 aliphatic carbocycles. The van der Waals surface area contributed by atoms with Gasteiger partial charge >= 0.3 is 0 Å². The maximum Gasteiger partial charge on any atom is 0.251 e. The Morgan fingerprint density at radius 1 is 0.872 bits per heavy atom. The number of likely N-dealkylation sites (tertiary alicyclic amines) is 1. The topological polar surface area (TPSA) is 64.6 Å². The van der Waals surface area contributed by atoms with Crippen LogP contribution in [0.1, 0.15) is 35.2 Å². The Kier molecular flexibility index (Phi) is 9.85. The van der Waals surface area contributed by atoms with Crippen LogP contribution in [0, 0.1) is 0 Å². The van der Waals surface area contributed by atoms with Crippen molar-refractivity contribution in [2.45, 2.75) is 30.2 Å². The van der Waals surface area contributed by atoms with Crippen LogP contribution in [0.3, 0.4) is 0 Å². The highest BCUT2D eigenvalue weighted by molar-refractivity contribution is 7.98. The number of halogens is 2. The molecule has 39 heavy (non-hydrogen) atoms. The summed E-state index contributed by atoms with van der Waals surface area (Å²) in [4.78, 5) is 29.0. The number of amides is 1. The molecule has 2 aliphatic heterocycles. The molecule has 2 saturated heterocycles. The van der Waals surface area contributed by atoms with Gasteiger partial charge in [0, 0.05) is 67.4 Å². The number of carbonyl (C=O) groups is 1. The molecule has 7 nitrogen and oxygen atoms in total. The summed E-state index contributed by atoms with van der Waals surface area (Å²) in [6.07, 6.45) is 3.83. The second-order valence-electron chi connectivity index (χ2n) is 9.93. The Labute approximate surface area is 244 Å². The van der Waals surface area contributed by atoms with Crippen LogP contribution in [-0.2, 0) is 5.75 Å². The normalized spacial score (nSPS) is 16.4. The quantitative estimate of drug-likeness (QED) is 0.199. The van der Waals surface area contributed by atoms with E-state index in [1.54, 1.807) is 0 Å². The summed E-state index contributed by atoms with van der Waals surface area (Å²) in [6.45, 7) is 7.26. The first-order valence-corrected chi connectivity index (χ1v) is 15.3. The number of hydrogen-bond donors (Lipinski definition) is 1. The van der Waals surface area contributed by atoms with Crippen molar-refractivity contribution in [2.24, 2.45) is 0 Å². The largest absolute Gasteiger partial charge is 0.368 e. The van der Waals surface area contributed by atoms with Gasteiger partial charge in [0.15, 0.2) is 5.16 Å². The van der Waals surface area contributed by atoms with Crippen molar-refractivity contribution in [1.29, 1.82) is 0 Å². The molecule has 1 aromatic heterocycles. The van der Waals surface area contributed by atoms with E-state index in [2.05, 4.69) is 31.1 Å². The molecular weight excluding hydrogens is 551 g/mol. The number of piperidine rings is 1. The van der Waals surface area contributed by atoms with E-state index >= 15 is 0 Å². The average Bonchev–Trinajstić information content (AvgIpc) is 2.96. The molecule has 0 radical (unpaired) electrons. The molecule has 0 unspecified atom stereocenters. The maximum absolute atomic E-state index is 12.7. The SMILES string of the molecule is O=C(NCCN1CCCCC1)c1cccc(CSc2nc(Cl)cc(N3CCN(c4cccc(Cl)c4)CC3)n2)c1. The first kappa shape index (κ1) is 28.0. The summed E-state index contributed by atoms with van der Waals surface area (Å²) >= 11 is 14.1. The first-order chi connectivity index (χ1) is 19.0. The standard InChI is InChI=1S/C29H34Cl2N6OS/c30-24-8-5-9-25(19-24)36-14-16-37(17-15-36)27-20-26(31)33-29(34-27)39-21-22-6-4-7-23(18-22)28(38)32-10-13-35-11-2-1-3-12-35/h4-9,18-20H,1-3,10-17,21H2,(H,32,38). The molecule has 1 amide bonds. The number of thioether (sulfide) groups is 1. The predicted octanol–water partition coefficient (Wildman–Crippen LogP) is 5.62. The van der Waals surface area contributed by atoms with Crippen molar-refractivity contribution in [3.05, 3.63) is 75.9 Å². The molecule has 3 aromatic rings. The monoisotopic (exact) mass is 584 g/mol. The zero-order chi connectivity index (χ0) is 27.0. The summed E-state index contributed by atoms with van der Waals surface area (Å²) in [5.41, 5.74) is 2.86. The molecule has 2 aliphatic rings. The minimum Gasteiger partial charge on any atom is -0.368 e. The number of hydrogen-bond acceptors (Lipinski definition) is 7. The summed E-state index contributed by atoms with van der Waals surface area (Å²) in [5, 5.41) is 4.88. The van der Waals surface area contributed by atoms with E-state index in [0.717, 1.165) is 67.9 Å². The van der Waals surface area contributed by atoms with Gasteiger partial charge in [-0.25, -0.2) is 9.97 Å². The third-order valence-corrected chi connectivity index (χ3v) is 8.50. The van der Waals surface area contributed by atoms with Crippen LogP contribution in [-0.4, -0.2) is 73.1 Å². The molecule has 2 aromatic carbocycles. The Balaban J connectivity index is 1.14. The molecule has 0 spiro atoms. The van der Waals surface area contributed by atoms with Gasteiger partial charge in [-0.1, -0.05) is 59.6 Å². The van der Waals surface area contributed by atoms with Crippen LogP contribution in [0.5, 0.6) is 0 Å². The second kappa shape index (κ2) is 13.7. The molecular formula is C29H34Cl2N6OS. The zero-order valence-electron chi connectivity index (χ0n) is 22.0. The number of anilines is 2. The van der Waals surface area contributed by atoms with Crippen LogP contribution in [0.2, 0.25) is 10.2 Å². The van der Waals surface area contributed by atoms with Crippen LogP contribution in [0.4, 0.5) is 11.5 Å². The number of benzene rings is 2. The predicted molar refractivity (Wildman–Crippen MR) is 162 cm³/mol. The van der Waals surface area contributed by atoms with Crippen LogP contribution >= 0.6 is 35.0 Å². The first-order valence-electron chi connectivity index (χ1n) is 13.6. The van der Waals surface area contributed by atoms with Crippen LogP contribution in [0.15, 0.2) is 59.8 Å². The van der Waals surface area contributed by atoms with E-state index in [4.69, 9.17) is 28.2 Å². The van der Waals surface area contributed by atoms with E-state index in [9.17, 15) is 4.79 Å². The van der Waals surface area contributed by atoms with Gasteiger partial charge in [-0.2, -0.15) is 0 Å². The summed E-state index contributed by atoms with van der Waals surface area (Å²) in [6, 6.07) is 17.6. The fourth-order valence-corrected chi connectivity index (χ4v) is 6.25. The number of rotatable bonds is 9. The van der Waals surface area contributed by atoms with Gasteiger partial charge in [0.1, 0.15) is 11.0 Å². The van der Waals surface area contributed by atoms with Gasteiger partial charge in [-0.15, -0.1) is 0 Å². The zero-order valence-corrected chi connectivity index (χ0v) is 24.3. The van der Waals surface area contributed by atoms with Crippen molar-refractivity contribution in [3.8, 4) is 0 Å². The van der Waals surface area contributed by atoms with E-state index in [-0.39, 0.29) is 5.91 Å². The van der Waals surface area contributed by atoms with Crippen LogP contribution in [0.25, 0.3) is 0 Å². The van der Waals surface area contributed by atoms with Gasteiger partial charge in [0.2, 0.25) is 0 Å². The maximum atomic E-state index is 12.7. The fraction of sp³-hybridized carbons (Fsp3) is 0.414. The van der Waals surface area contributed by atoms with E-state index < -0.39 is 0 Å². The number of carbonyl (C=O) groups excluding carboxylic acids is 1. The molecule has 206 valence electrons. The lowest BCUT2D eigenvalue weighted by molar-refractivity contribution is 0.0946. The number of aromatic nitrogens is 2. The van der Waals surface area contributed by atoms with Crippen molar-refractivity contribution in [3.63, 3.8) is 0 Å². The van der Waals surface area contributed by atoms with Gasteiger partial charge in [0.05, 0.1) is 0 Å². The van der Waals surface area contributed by atoms with Gasteiger partial charge in [-0.05, 0) is 61.8 Å². The minimum absolute atomic E-state index is 0.0305. The third kappa shape index (κ3) is 8.01. The Hall–Kier alpha value is -2.52. The molecule has 0 saturated carbocycles. The molecule has 3 heterocycles. The van der Waals surface area contributed by atoms with Crippen molar-refractivity contribution < 1.29 is 4.79 Å². The lowest BCUT2D eigenvalue weighted by atomic mass is 10.1. The molecule has 2 fully saturated rings. The smallest absolute Gasteiger partial charge is 0.251 e. The summed E-state index contributed by atoms with van der Waals surface area (Å²) in [5.74, 6) is 1.46. The Morgan fingerprint density at radius 2 is 1.64 bits per heavy atom. The van der Waals surface area contributed by atoms with Crippen LogP contribution < -0.4 is 15.1 Å². The lowest BCUT2D eigenvalue weighted by Crippen LogP contribution is -2.46. The molecule has 1 N–H and O–H groups in total. The van der Waals surface area contributed by atoms with Crippen molar-refractivity contribution in [2.75, 3.05) is 62.2 Å². The summed E-state index contributed by atoms with van der Waals surface area (Å²) < 4.78 is 0. The highest BCUT2D eigenvalue weighted by atomic mass is 35.5. The number of piperazine rings is 1.